The van der Waals surface area contributed by atoms with Crippen LogP contribution in [0.3, 0.4) is 0 Å². The molecule has 1 aliphatic rings. The van der Waals surface area contributed by atoms with Crippen molar-refractivity contribution in [3.63, 3.8) is 0 Å². The van der Waals surface area contributed by atoms with E-state index in [0.29, 0.717) is 19.1 Å². The summed E-state index contributed by atoms with van der Waals surface area (Å²) >= 11 is 0. The molecule has 0 saturated heterocycles. The van der Waals surface area contributed by atoms with Crippen molar-refractivity contribution in [1.82, 2.24) is 5.32 Å². The highest BCUT2D eigenvalue weighted by Crippen LogP contribution is 2.23. The molecule has 0 aromatic heterocycles. The van der Waals surface area contributed by atoms with E-state index >= 15 is 0 Å². The molecule has 0 aliphatic heterocycles. The molecule has 0 aromatic rings. The van der Waals surface area contributed by atoms with E-state index in [4.69, 9.17) is 4.74 Å². The highest BCUT2D eigenvalue weighted by molar-refractivity contribution is 5.71. The van der Waals surface area contributed by atoms with Crippen molar-refractivity contribution in [1.29, 1.82) is 0 Å². The standard InChI is InChI=1S/C11H21NO2/c1-2-12-8-11(13)14-9-10-6-4-3-5-7-10/h10,12H,2-9H2,1H3. The molecule has 1 rings (SSSR count). The number of nitrogens with one attached hydrogen (secondary N) is 1. The van der Waals surface area contributed by atoms with E-state index in [-0.39, 0.29) is 5.97 Å². The summed E-state index contributed by atoms with van der Waals surface area (Å²) in [6.07, 6.45) is 6.41. The SMILES string of the molecule is CCNCC(=O)OCC1CCCCC1. The maximum atomic E-state index is 11.2. The Labute approximate surface area is 86.2 Å². The van der Waals surface area contributed by atoms with Gasteiger partial charge < -0.3 is 10.1 Å². The summed E-state index contributed by atoms with van der Waals surface area (Å²) < 4.78 is 5.18. The summed E-state index contributed by atoms with van der Waals surface area (Å²) in [5.74, 6) is 0.506. The van der Waals surface area contributed by atoms with Gasteiger partial charge in [-0.1, -0.05) is 26.2 Å². The van der Waals surface area contributed by atoms with E-state index in [1.54, 1.807) is 0 Å². The van der Waals surface area contributed by atoms with Crippen molar-refractivity contribution in [3.05, 3.63) is 0 Å². The molecule has 1 aliphatic carbocycles. The fourth-order valence-corrected chi connectivity index (χ4v) is 1.84. The van der Waals surface area contributed by atoms with Crippen molar-refractivity contribution in [2.24, 2.45) is 5.92 Å². The summed E-state index contributed by atoms with van der Waals surface area (Å²) in [5, 5.41) is 2.96. The minimum absolute atomic E-state index is 0.113. The van der Waals surface area contributed by atoms with Crippen molar-refractivity contribution >= 4 is 5.97 Å². The van der Waals surface area contributed by atoms with Crippen molar-refractivity contribution in [2.75, 3.05) is 19.7 Å². The highest BCUT2D eigenvalue weighted by Gasteiger charge is 2.14. The third kappa shape index (κ3) is 4.61. The lowest BCUT2D eigenvalue weighted by molar-refractivity contribution is -0.144. The zero-order valence-electron chi connectivity index (χ0n) is 9.05. The zero-order valence-corrected chi connectivity index (χ0v) is 9.05. The third-order valence-electron chi connectivity index (χ3n) is 2.72. The lowest BCUT2D eigenvalue weighted by Crippen LogP contribution is -2.26. The third-order valence-corrected chi connectivity index (χ3v) is 2.72. The van der Waals surface area contributed by atoms with Gasteiger partial charge in [-0.2, -0.15) is 0 Å². The molecule has 1 fully saturated rings. The molecular formula is C11H21NO2. The average Bonchev–Trinajstić information content (AvgIpc) is 2.25. The quantitative estimate of drug-likeness (QED) is 0.685. The van der Waals surface area contributed by atoms with Crippen LogP contribution in [0.4, 0.5) is 0 Å². The van der Waals surface area contributed by atoms with E-state index in [9.17, 15) is 4.79 Å². The van der Waals surface area contributed by atoms with Crippen LogP contribution in [0.1, 0.15) is 39.0 Å². The first-order valence-corrected chi connectivity index (χ1v) is 5.69. The molecule has 3 nitrogen and oxygen atoms in total. The van der Waals surface area contributed by atoms with Crippen LogP contribution < -0.4 is 5.32 Å². The Morgan fingerprint density at radius 3 is 2.71 bits per heavy atom. The number of carbonyl (C=O) groups is 1. The van der Waals surface area contributed by atoms with Gasteiger partial charge in [0.15, 0.2) is 0 Å². The summed E-state index contributed by atoms with van der Waals surface area (Å²) in [6, 6.07) is 0. The molecule has 1 N–H and O–H groups in total. The second-order valence-electron chi connectivity index (χ2n) is 3.97. The smallest absolute Gasteiger partial charge is 0.319 e. The molecule has 0 aromatic carbocycles. The zero-order chi connectivity index (χ0) is 10.2. The van der Waals surface area contributed by atoms with Crippen LogP contribution in [-0.4, -0.2) is 25.7 Å². The molecule has 0 radical (unpaired) electrons. The Hall–Kier alpha value is -0.570. The summed E-state index contributed by atoms with van der Waals surface area (Å²) in [7, 11) is 0. The van der Waals surface area contributed by atoms with Gasteiger partial charge in [-0.05, 0) is 25.3 Å². The Kier molecular flexibility index (Phi) is 5.60. The van der Waals surface area contributed by atoms with Crippen LogP contribution >= 0.6 is 0 Å². The summed E-state index contributed by atoms with van der Waals surface area (Å²) in [5.41, 5.74) is 0. The van der Waals surface area contributed by atoms with Gasteiger partial charge in [-0.3, -0.25) is 4.79 Å². The van der Waals surface area contributed by atoms with Crippen LogP contribution in [0.5, 0.6) is 0 Å². The summed E-state index contributed by atoms with van der Waals surface area (Å²) in [4.78, 5) is 11.2. The molecule has 0 spiro atoms. The molecule has 14 heavy (non-hydrogen) atoms. The lowest BCUT2D eigenvalue weighted by Gasteiger charge is -2.20. The Balaban J connectivity index is 2.03. The first kappa shape index (κ1) is 11.5. The number of rotatable bonds is 5. The topological polar surface area (TPSA) is 38.3 Å². The number of hydrogen-bond donors (Lipinski definition) is 1. The van der Waals surface area contributed by atoms with E-state index < -0.39 is 0 Å². The fourth-order valence-electron chi connectivity index (χ4n) is 1.84. The van der Waals surface area contributed by atoms with E-state index in [0.717, 1.165) is 6.54 Å². The number of likely N-dealkylation sites (N-methyl/N-ethyl adjacent to an activating group) is 1. The molecule has 82 valence electrons. The molecule has 0 atom stereocenters. The van der Waals surface area contributed by atoms with Crippen LogP contribution in [0.2, 0.25) is 0 Å². The Bertz CT molecular complexity index is 165. The van der Waals surface area contributed by atoms with Gasteiger partial charge in [0.25, 0.3) is 0 Å². The second-order valence-corrected chi connectivity index (χ2v) is 3.97. The molecular weight excluding hydrogens is 178 g/mol. The van der Waals surface area contributed by atoms with Crippen LogP contribution in [0.25, 0.3) is 0 Å². The predicted octanol–water partition coefficient (Wildman–Crippen LogP) is 1.72. The number of ether oxygens (including phenoxy) is 1. The molecule has 1 saturated carbocycles. The predicted molar refractivity (Wildman–Crippen MR) is 56.1 cm³/mol. The number of esters is 1. The Morgan fingerprint density at radius 2 is 2.07 bits per heavy atom. The van der Waals surface area contributed by atoms with Gasteiger partial charge >= 0.3 is 5.97 Å². The molecule has 0 bridgehead atoms. The first-order valence-electron chi connectivity index (χ1n) is 5.69. The van der Waals surface area contributed by atoms with Crippen LogP contribution in [-0.2, 0) is 9.53 Å². The lowest BCUT2D eigenvalue weighted by atomic mass is 9.90. The summed E-state index contributed by atoms with van der Waals surface area (Å²) in [6.45, 7) is 3.78. The largest absolute Gasteiger partial charge is 0.464 e. The van der Waals surface area contributed by atoms with Crippen molar-refractivity contribution < 1.29 is 9.53 Å². The van der Waals surface area contributed by atoms with Gasteiger partial charge in [0, 0.05) is 0 Å². The molecule has 0 heterocycles. The second kappa shape index (κ2) is 6.82. The monoisotopic (exact) mass is 199 g/mol. The van der Waals surface area contributed by atoms with E-state index in [1.807, 2.05) is 6.92 Å². The van der Waals surface area contributed by atoms with Gasteiger partial charge in [-0.15, -0.1) is 0 Å². The van der Waals surface area contributed by atoms with Crippen molar-refractivity contribution in [2.45, 2.75) is 39.0 Å². The molecule has 0 unspecified atom stereocenters. The van der Waals surface area contributed by atoms with Crippen LogP contribution in [0, 0.1) is 5.92 Å². The molecule has 0 amide bonds. The maximum Gasteiger partial charge on any atom is 0.319 e. The highest BCUT2D eigenvalue weighted by atomic mass is 16.5. The Morgan fingerprint density at radius 1 is 1.36 bits per heavy atom. The number of carbonyl (C=O) groups excluding carboxylic acids is 1. The van der Waals surface area contributed by atoms with Gasteiger partial charge in [0.1, 0.15) is 0 Å². The van der Waals surface area contributed by atoms with Crippen molar-refractivity contribution in [3.8, 4) is 0 Å². The van der Waals surface area contributed by atoms with Gasteiger partial charge in [0.05, 0.1) is 13.2 Å². The number of hydrogen-bond acceptors (Lipinski definition) is 3. The van der Waals surface area contributed by atoms with Gasteiger partial charge in [0.2, 0.25) is 0 Å². The maximum absolute atomic E-state index is 11.2. The van der Waals surface area contributed by atoms with Gasteiger partial charge in [-0.25, -0.2) is 0 Å². The normalized spacial score (nSPS) is 18.1. The van der Waals surface area contributed by atoms with E-state index in [1.165, 1.54) is 32.1 Å². The minimum Gasteiger partial charge on any atom is -0.464 e. The first-order chi connectivity index (χ1) is 6.83. The minimum atomic E-state index is -0.113. The van der Waals surface area contributed by atoms with E-state index in [2.05, 4.69) is 5.32 Å². The molecule has 3 heteroatoms. The fraction of sp³-hybridized carbons (Fsp3) is 0.909. The average molecular weight is 199 g/mol. The van der Waals surface area contributed by atoms with Crippen LogP contribution in [0.15, 0.2) is 0 Å².